The van der Waals surface area contributed by atoms with Crippen LogP contribution in [0.2, 0.25) is 0 Å². The van der Waals surface area contributed by atoms with E-state index in [-0.39, 0.29) is 0 Å². The summed E-state index contributed by atoms with van der Waals surface area (Å²) in [5, 5.41) is 3.51. The first-order valence-electron chi connectivity index (χ1n) is 6.39. The molecule has 0 spiro atoms. The Balaban J connectivity index is 1.86. The van der Waals surface area contributed by atoms with Gasteiger partial charge in [-0.25, -0.2) is 0 Å². The zero-order valence-corrected chi connectivity index (χ0v) is 9.87. The Morgan fingerprint density at radius 2 is 2.07 bits per heavy atom. The van der Waals surface area contributed by atoms with Crippen LogP contribution >= 0.6 is 0 Å². The van der Waals surface area contributed by atoms with E-state index in [1.165, 1.54) is 45.4 Å². The molecule has 88 valence electrons. The predicted octanol–water partition coefficient (Wildman–Crippen LogP) is 1.10. The summed E-state index contributed by atoms with van der Waals surface area (Å²) in [6, 6.07) is 0.791. The molecule has 2 saturated heterocycles. The highest BCUT2D eigenvalue weighted by Gasteiger charge is 2.23. The van der Waals surface area contributed by atoms with Crippen molar-refractivity contribution in [2.75, 3.05) is 39.4 Å². The van der Waals surface area contributed by atoms with Gasteiger partial charge in [-0.2, -0.15) is 0 Å². The number of hydrogen-bond donors (Lipinski definition) is 1. The third-order valence-electron chi connectivity index (χ3n) is 3.55. The van der Waals surface area contributed by atoms with E-state index in [0.717, 1.165) is 25.2 Å². The van der Waals surface area contributed by atoms with Gasteiger partial charge in [0.15, 0.2) is 0 Å². The topological polar surface area (TPSA) is 24.5 Å². The first-order chi connectivity index (χ1) is 7.36. The van der Waals surface area contributed by atoms with Crippen molar-refractivity contribution < 1.29 is 4.74 Å². The van der Waals surface area contributed by atoms with E-state index in [9.17, 15) is 0 Å². The van der Waals surface area contributed by atoms with Crippen molar-refractivity contribution in [2.24, 2.45) is 5.92 Å². The zero-order valence-electron chi connectivity index (χ0n) is 9.87. The van der Waals surface area contributed by atoms with Gasteiger partial charge < -0.3 is 10.1 Å². The summed E-state index contributed by atoms with van der Waals surface area (Å²) in [5.41, 5.74) is 0. The summed E-state index contributed by atoms with van der Waals surface area (Å²) in [5.74, 6) is 0.785. The summed E-state index contributed by atoms with van der Waals surface area (Å²) in [6.45, 7) is 9.18. The van der Waals surface area contributed by atoms with Crippen LogP contribution in [0, 0.1) is 5.92 Å². The molecule has 3 heteroatoms. The Morgan fingerprint density at radius 3 is 2.87 bits per heavy atom. The molecule has 1 N–H and O–H groups in total. The number of ether oxygens (including phenoxy) is 1. The van der Waals surface area contributed by atoms with Gasteiger partial charge in [-0.1, -0.05) is 6.92 Å². The number of hydrogen-bond acceptors (Lipinski definition) is 3. The Labute approximate surface area is 93.2 Å². The van der Waals surface area contributed by atoms with Crippen molar-refractivity contribution in [3.8, 4) is 0 Å². The van der Waals surface area contributed by atoms with Crippen molar-refractivity contribution in [2.45, 2.75) is 32.2 Å². The Morgan fingerprint density at radius 1 is 1.27 bits per heavy atom. The van der Waals surface area contributed by atoms with Crippen molar-refractivity contribution in [1.82, 2.24) is 10.2 Å². The molecule has 3 nitrogen and oxygen atoms in total. The lowest BCUT2D eigenvalue weighted by molar-refractivity contribution is 0.0268. The van der Waals surface area contributed by atoms with Crippen LogP contribution in [-0.4, -0.2) is 50.3 Å². The molecule has 0 aromatic heterocycles. The van der Waals surface area contributed by atoms with Crippen molar-refractivity contribution >= 4 is 0 Å². The lowest BCUT2D eigenvalue weighted by atomic mass is 10.0. The average Bonchev–Trinajstić information content (AvgIpc) is 2.24. The average molecular weight is 212 g/mol. The minimum Gasteiger partial charge on any atom is -0.381 e. The fourth-order valence-electron chi connectivity index (χ4n) is 2.69. The van der Waals surface area contributed by atoms with Gasteiger partial charge >= 0.3 is 0 Å². The molecule has 0 amide bonds. The second-order valence-electron chi connectivity index (χ2n) is 5.00. The Bertz CT molecular complexity index is 180. The molecule has 2 aliphatic heterocycles. The minimum absolute atomic E-state index is 0.785. The van der Waals surface area contributed by atoms with Crippen LogP contribution in [0.15, 0.2) is 0 Å². The highest BCUT2D eigenvalue weighted by atomic mass is 16.5. The molecular weight excluding hydrogens is 188 g/mol. The summed E-state index contributed by atoms with van der Waals surface area (Å²) >= 11 is 0. The quantitative estimate of drug-likeness (QED) is 0.704. The molecule has 0 saturated carbocycles. The maximum atomic E-state index is 5.43. The predicted molar refractivity (Wildman–Crippen MR) is 62.1 cm³/mol. The molecule has 0 aliphatic carbocycles. The summed E-state index contributed by atoms with van der Waals surface area (Å²) in [6.07, 6.45) is 3.77. The van der Waals surface area contributed by atoms with Crippen LogP contribution in [0.4, 0.5) is 0 Å². The van der Waals surface area contributed by atoms with Crippen molar-refractivity contribution in [3.63, 3.8) is 0 Å². The van der Waals surface area contributed by atoms with Gasteiger partial charge in [-0.15, -0.1) is 0 Å². The van der Waals surface area contributed by atoms with Crippen LogP contribution < -0.4 is 5.32 Å². The highest BCUT2D eigenvalue weighted by Crippen LogP contribution is 2.17. The molecular formula is C12H24N2O. The monoisotopic (exact) mass is 212 g/mol. The van der Waals surface area contributed by atoms with E-state index < -0.39 is 0 Å². The van der Waals surface area contributed by atoms with E-state index >= 15 is 0 Å². The minimum atomic E-state index is 0.785. The SMILES string of the molecule is CC1CNCCCN(C2CCOCC2)C1. The molecule has 2 fully saturated rings. The maximum Gasteiger partial charge on any atom is 0.0480 e. The van der Waals surface area contributed by atoms with Crippen molar-refractivity contribution in [1.29, 1.82) is 0 Å². The molecule has 2 aliphatic rings. The smallest absolute Gasteiger partial charge is 0.0480 e. The van der Waals surface area contributed by atoms with Gasteiger partial charge in [-0.05, 0) is 44.8 Å². The molecule has 0 bridgehead atoms. The van der Waals surface area contributed by atoms with Gasteiger partial charge in [0.2, 0.25) is 0 Å². The second kappa shape index (κ2) is 5.83. The Hall–Kier alpha value is -0.120. The van der Waals surface area contributed by atoms with Crippen LogP contribution in [0.1, 0.15) is 26.2 Å². The van der Waals surface area contributed by atoms with Crippen LogP contribution in [0.3, 0.4) is 0 Å². The van der Waals surface area contributed by atoms with Gasteiger partial charge in [0.1, 0.15) is 0 Å². The molecule has 1 atom stereocenters. The van der Waals surface area contributed by atoms with Crippen molar-refractivity contribution in [3.05, 3.63) is 0 Å². The normalized spacial score (nSPS) is 32.2. The van der Waals surface area contributed by atoms with Gasteiger partial charge in [0.05, 0.1) is 0 Å². The van der Waals surface area contributed by atoms with Gasteiger partial charge in [-0.3, -0.25) is 4.90 Å². The van der Waals surface area contributed by atoms with E-state index in [1.807, 2.05) is 0 Å². The van der Waals surface area contributed by atoms with Crippen LogP contribution in [0.5, 0.6) is 0 Å². The van der Waals surface area contributed by atoms with Gasteiger partial charge in [0.25, 0.3) is 0 Å². The molecule has 15 heavy (non-hydrogen) atoms. The first kappa shape index (κ1) is 11.4. The van der Waals surface area contributed by atoms with E-state index in [2.05, 4.69) is 17.1 Å². The molecule has 0 radical (unpaired) electrons. The van der Waals surface area contributed by atoms with E-state index in [1.54, 1.807) is 0 Å². The molecule has 2 heterocycles. The Kier molecular flexibility index (Phi) is 4.42. The summed E-state index contributed by atoms with van der Waals surface area (Å²) in [4.78, 5) is 2.70. The fourth-order valence-corrected chi connectivity index (χ4v) is 2.69. The number of rotatable bonds is 1. The van der Waals surface area contributed by atoms with E-state index in [0.29, 0.717) is 0 Å². The van der Waals surface area contributed by atoms with Crippen LogP contribution in [0.25, 0.3) is 0 Å². The standard InChI is InChI=1S/C12H24N2O/c1-11-9-13-5-2-6-14(10-11)12-3-7-15-8-4-12/h11-13H,2-10H2,1H3. The largest absolute Gasteiger partial charge is 0.381 e. The molecule has 2 rings (SSSR count). The van der Waals surface area contributed by atoms with Crippen LogP contribution in [-0.2, 0) is 4.74 Å². The summed E-state index contributed by atoms with van der Waals surface area (Å²) in [7, 11) is 0. The van der Waals surface area contributed by atoms with E-state index in [4.69, 9.17) is 4.74 Å². The number of nitrogens with one attached hydrogen (secondary N) is 1. The third-order valence-corrected chi connectivity index (χ3v) is 3.55. The summed E-state index contributed by atoms with van der Waals surface area (Å²) < 4.78 is 5.43. The fraction of sp³-hybridized carbons (Fsp3) is 1.00. The highest BCUT2D eigenvalue weighted by molar-refractivity contribution is 4.78. The first-order valence-corrected chi connectivity index (χ1v) is 6.39. The second-order valence-corrected chi connectivity index (χ2v) is 5.00. The number of nitrogens with zero attached hydrogens (tertiary/aromatic N) is 1. The zero-order chi connectivity index (χ0) is 10.5. The lowest BCUT2D eigenvalue weighted by Crippen LogP contribution is -2.46. The maximum absolute atomic E-state index is 5.43. The molecule has 0 aromatic carbocycles. The molecule has 1 unspecified atom stereocenters. The molecule has 0 aromatic rings. The van der Waals surface area contributed by atoms with Gasteiger partial charge in [0, 0.05) is 25.8 Å². The lowest BCUT2D eigenvalue weighted by Gasteiger charge is -2.37. The third kappa shape index (κ3) is 3.44.